The first kappa shape index (κ1) is 15.2. The summed E-state index contributed by atoms with van der Waals surface area (Å²) >= 11 is 1.59. The van der Waals surface area contributed by atoms with E-state index in [1.807, 2.05) is 22.2 Å². The van der Waals surface area contributed by atoms with Crippen LogP contribution in [0.2, 0.25) is 0 Å². The Morgan fingerprint density at radius 3 is 3.17 bits per heavy atom. The van der Waals surface area contributed by atoms with Crippen LogP contribution in [0.4, 0.5) is 4.79 Å². The topological polar surface area (TPSA) is 58.4 Å². The Bertz CT molecular complexity index is 825. The summed E-state index contributed by atoms with van der Waals surface area (Å²) in [4.78, 5) is 17.7. The normalized spacial score (nSPS) is 17.2. The molecule has 2 amide bonds. The van der Waals surface area contributed by atoms with Gasteiger partial charge in [-0.25, -0.2) is 9.78 Å². The van der Waals surface area contributed by atoms with Crippen LogP contribution in [0.1, 0.15) is 42.1 Å². The van der Waals surface area contributed by atoms with Crippen LogP contribution >= 0.6 is 11.3 Å². The van der Waals surface area contributed by atoms with Crippen molar-refractivity contribution in [2.75, 3.05) is 0 Å². The number of carbonyl (C=O) groups is 1. The van der Waals surface area contributed by atoms with Gasteiger partial charge in [0.25, 0.3) is 0 Å². The standard InChI is InChI=1S/C18H20N4OS/c23-17(19-11-14-12-22-9-10-24-18(22)20-14)21-16-8-4-2-6-13-5-1-3-7-15(13)16/h1,3,5,7,9-10,12,16H,2,4,6,8,11H2,(H2,19,21,23). The van der Waals surface area contributed by atoms with Crippen LogP contribution in [0, 0.1) is 0 Å². The molecule has 0 aliphatic heterocycles. The Hall–Kier alpha value is -2.34. The zero-order valence-electron chi connectivity index (χ0n) is 13.4. The van der Waals surface area contributed by atoms with Crippen molar-refractivity contribution < 1.29 is 4.79 Å². The van der Waals surface area contributed by atoms with Crippen molar-refractivity contribution in [3.8, 4) is 0 Å². The van der Waals surface area contributed by atoms with Crippen molar-refractivity contribution in [3.63, 3.8) is 0 Å². The van der Waals surface area contributed by atoms with Crippen LogP contribution in [0.5, 0.6) is 0 Å². The van der Waals surface area contributed by atoms with E-state index in [1.165, 1.54) is 17.5 Å². The number of nitrogens with zero attached hydrogens (tertiary/aromatic N) is 2. The summed E-state index contributed by atoms with van der Waals surface area (Å²) in [5.41, 5.74) is 3.49. The zero-order valence-corrected chi connectivity index (χ0v) is 14.2. The van der Waals surface area contributed by atoms with Gasteiger partial charge in [0, 0.05) is 17.8 Å². The molecule has 4 rings (SSSR count). The fourth-order valence-corrected chi connectivity index (χ4v) is 4.03. The Morgan fingerprint density at radius 1 is 1.33 bits per heavy atom. The van der Waals surface area contributed by atoms with Gasteiger partial charge in [-0.2, -0.15) is 0 Å². The highest BCUT2D eigenvalue weighted by atomic mass is 32.1. The summed E-state index contributed by atoms with van der Waals surface area (Å²) in [6.07, 6.45) is 8.33. The first-order valence-electron chi connectivity index (χ1n) is 8.33. The average Bonchev–Trinajstić information content (AvgIpc) is 3.11. The third kappa shape index (κ3) is 3.14. The highest BCUT2D eigenvalue weighted by Gasteiger charge is 2.20. The van der Waals surface area contributed by atoms with Gasteiger partial charge in [0.1, 0.15) is 0 Å². The third-order valence-corrected chi connectivity index (χ3v) is 5.27. The van der Waals surface area contributed by atoms with Crippen LogP contribution in [0.15, 0.2) is 42.0 Å². The number of hydrogen-bond donors (Lipinski definition) is 2. The first-order valence-corrected chi connectivity index (χ1v) is 9.21. The Balaban J connectivity index is 1.39. The molecule has 24 heavy (non-hydrogen) atoms. The van der Waals surface area contributed by atoms with Gasteiger partial charge in [-0.15, -0.1) is 11.3 Å². The highest BCUT2D eigenvalue weighted by Crippen LogP contribution is 2.28. The summed E-state index contributed by atoms with van der Waals surface area (Å²) in [7, 11) is 0. The molecular formula is C18H20N4OS. The number of benzene rings is 1. The van der Waals surface area contributed by atoms with Crippen LogP contribution in [0.3, 0.4) is 0 Å². The quantitative estimate of drug-likeness (QED) is 0.715. The molecule has 1 aliphatic carbocycles. The van der Waals surface area contributed by atoms with Crippen LogP contribution in [-0.2, 0) is 13.0 Å². The second kappa shape index (κ2) is 6.65. The number of fused-ring (bicyclic) bond motifs is 2. The molecule has 2 aromatic heterocycles. The molecule has 1 aliphatic rings. The molecule has 2 heterocycles. The number of thiazole rings is 1. The maximum absolute atomic E-state index is 12.3. The molecule has 0 fully saturated rings. The van der Waals surface area contributed by atoms with Crippen molar-refractivity contribution in [2.24, 2.45) is 0 Å². The zero-order chi connectivity index (χ0) is 16.4. The average molecular weight is 340 g/mol. The van der Waals surface area contributed by atoms with Gasteiger partial charge in [0.2, 0.25) is 0 Å². The van der Waals surface area contributed by atoms with Crippen molar-refractivity contribution in [1.82, 2.24) is 20.0 Å². The van der Waals surface area contributed by atoms with Crippen LogP contribution < -0.4 is 10.6 Å². The largest absolute Gasteiger partial charge is 0.332 e. The smallest absolute Gasteiger partial charge is 0.315 e. The van der Waals surface area contributed by atoms with Crippen LogP contribution in [-0.4, -0.2) is 15.4 Å². The minimum Gasteiger partial charge on any atom is -0.332 e. The van der Waals surface area contributed by atoms with Crippen molar-refractivity contribution in [2.45, 2.75) is 38.3 Å². The van der Waals surface area contributed by atoms with Gasteiger partial charge in [0.05, 0.1) is 18.3 Å². The van der Waals surface area contributed by atoms with E-state index >= 15 is 0 Å². The minimum absolute atomic E-state index is 0.0918. The molecule has 0 bridgehead atoms. The van der Waals surface area contributed by atoms with E-state index in [4.69, 9.17) is 0 Å². The van der Waals surface area contributed by atoms with Gasteiger partial charge in [-0.05, 0) is 30.4 Å². The molecule has 1 atom stereocenters. The number of aryl methyl sites for hydroxylation is 1. The highest BCUT2D eigenvalue weighted by molar-refractivity contribution is 7.15. The van der Waals surface area contributed by atoms with Gasteiger partial charge in [-0.3, -0.25) is 4.40 Å². The molecule has 0 spiro atoms. The summed E-state index contributed by atoms with van der Waals surface area (Å²) in [6, 6.07) is 8.39. The van der Waals surface area contributed by atoms with E-state index in [-0.39, 0.29) is 12.1 Å². The van der Waals surface area contributed by atoms with Crippen LogP contribution in [0.25, 0.3) is 4.96 Å². The Morgan fingerprint density at radius 2 is 2.25 bits per heavy atom. The lowest BCUT2D eigenvalue weighted by Crippen LogP contribution is -2.37. The minimum atomic E-state index is -0.131. The molecule has 0 saturated heterocycles. The van der Waals surface area contributed by atoms with E-state index < -0.39 is 0 Å². The number of amides is 2. The summed E-state index contributed by atoms with van der Waals surface area (Å²) in [5.74, 6) is 0. The lowest BCUT2D eigenvalue weighted by atomic mass is 9.99. The maximum Gasteiger partial charge on any atom is 0.315 e. The van der Waals surface area contributed by atoms with Crippen molar-refractivity contribution >= 4 is 22.3 Å². The van der Waals surface area contributed by atoms with Gasteiger partial charge in [0.15, 0.2) is 4.96 Å². The number of urea groups is 1. The summed E-state index contributed by atoms with van der Waals surface area (Å²) in [5, 5.41) is 8.05. The SMILES string of the molecule is O=C(NCc1cn2ccsc2n1)NC1CCCCc2ccccc21. The number of rotatable bonds is 3. The van der Waals surface area contributed by atoms with E-state index in [1.54, 1.807) is 11.3 Å². The Labute approximate surface area is 144 Å². The molecule has 0 saturated carbocycles. The maximum atomic E-state index is 12.3. The van der Waals surface area contributed by atoms with Gasteiger partial charge >= 0.3 is 6.03 Å². The van der Waals surface area contributed by atoms with E-state index in [2.05, 4.69) is 39.9 Å². The first-order chi connectivity index (χ1) is 11.8. The molecule has 2 N–H and O–H groups in total. The summed E-state index contributed by atoms with van der Waals surface area (Å²) < 4.78 is 1.97. The van der Waals surface area contributed by atoms with E-state index in [9.17, 15) is 4.79 Å². The van der Waals surface area contributed by atoms with Crippen molar-refractivity contribution in [1.29, 1.82) is 0 Å². The lowest BCUT2D eigenvalue weighted by Gasteiger charge is -2.19. The second-order valence-corrected chi connectivity index (χ2v) is 7.02. The molecule has 5 nitrogen and oxygen atoms in total. The van der Waals surface area contributed by atoms with Crippen molar-refractivity contribution in [3.05, 3.63) is 58.9 Å². The molecule has 0 radical (unpaired) electrons. The fourth-order valence-electron chi connectivity index (χ4n) is 3.31. The summed E-state index contributed by atoms with van der Waals surface area (Å²) in [6.45, 7) is 0.439. The van der Waals surface area contributed by atoms with E-state index in [0.717, 1.165) is 29.9 Å². The molecule has 6 heteroatoms. The number of nitrogens with one attached hydrogen (secondary N) is 2. The van der Waals surface area contributed by atoms with Gasteiger partial charge < -0.3 is 10.6 Å². The Kier molecular flexibility index (Phi) is 4.21. The number of carbonyl (C=O) groups excluding carboxylic acids is 1. The predicted octanol–water partition coefficient (Wildman–Crippen LogP) is 3.66. The predicted molar refractivity (Wildman–Crippen MR) is 95.2 cm³/mol. The fraction of sp³-hybridized carbons (Fsp3) is 0.333. The van der Waals surface area contributed by atoms with E-state index in [0.29, 0.717) is 6.54 Å². The molecule has 124 valence electrons. The third-order valence-electron chi connectivity index (χ3n) is 4.50. The molecule has 3 aromatic rings. The second-order valence-electron chi connectivity index (χ2n) is 6.15. The molecule has 1 aromatic carbocycles. The number of aromatic nitrogens is 2. The monoisotopic (exact) mass is 340 g/mol. The number of imidazole rings is 1. The van der Waals surface area contributed by atoms with Gasteiger partial charge in [-0.1, -0.05) is 30.7 Å². The molecular weight excluding hydrogens is 320 g/mol. The lowest BCUT2D eigenvalue weighted by molar-refractivity contribution is 0.235. The number of hydrogen-bond acceptors (Lipinski definition) is 3. The molecule has 1 unspecified atom stereocenters.